The van der Waals surface area contributed by atoms with Crippen LogP contribution in [0, 0.1) is 0 Å². The summed E-state index contributed by atoms with van der Waals surface area (Å²) in [4.78, 5) is 26.0. The number of halogens is 1. The van der Waals surface area contributed by atoms with Crippen molar-refractivity contribution in [1.82, 2.24) is 10.3 Å². The largest absolute Gasteiger partial charge is 0.478 e. The number of amides is 1. The average molecular weight is 342 g/mol. The van der Waals surface area contributed by atoms with Crippen LogP contribution in [0.4, 0.5) is 10.6 Å². The minimum atomic E-state index is -1.04. The molecule has 0 unspecified atom stereocenters. The van der Waals surface area contributed by atoms with Crippen molar-refractivity contribution in [1.29, 1.82) is 0 Å². The third-order valence-corrected chi connectivity index (χ3v) is 2.65. The Bertz CT molecular complexity index is 597. The first kappa shape index (κ1) is 18.8. The van der Waals surface area contributed by atoms with E-state index in [-0.39, 0.29) is 0 Å². The number of ether oxygens (including phenoxy) is 1. The van der Waals surface area contributed by atoms with Crippen molar-refractivity contribution in [3.05, 3.63) is 28.9 Å². The second-order valence-electron chi connectivity index (χ2n) is 5.63. The third kappa shape index (κ3) is 8.06. The maximum Gasteiger partial charge on any atom is 0.407 e. The molecule has 1 aromatic heterocycles. The first-order valence-electron chi connectivity index (χ1n) is 6.94. The highest BCUT2D eigenvalue weighted by Crippen LogP contribution is 2.20. The molecule has 8 heteroatoms. The molecule has 0 saturated carbocycles. The van der Waals surface area contributed by atoms with E-state index in [0.29, 0.717) is 29.5 Å². The lowest BCUT2D eigenvalue weighted by Gasteiger charge is -2.19. The van der Waals surface area contributed by atoms with Crippen molar-refractivity contribution in [3.63, 3.8) is 0 Å². The number of hydrogen-bond acceptors (Lipinski definition) is 5. The zero-order valence-corrected chi connectivity index (χ0v) is 14.0. The number of anilines is 1. The molecule has 3 N–H and O–H groups in total. The minimum Gasteiger partial charge on any atom is -0.478 e. The van der Waals surface area contributed by atoms with Crippen LogP contribution in [-0.4, -0.2) is 40.8 Å². The fraction of sp³-hybridized carbons (Fsp3) is 0.400. The van der Waals surface area contributed by atoms with Gasteiger partial charge in [0.25, 0.3) is 0 Å². The number of aromatic nitrogens is 1. The number of rotatable bonds is 6. The van der Waals surface area contributed by atoms with Crippen LogP contribution < -0.4 is 10.6 Å². The summed E-state index contributed by atoms with van der Waals surface area (Å²) in [7, 11) is 0. The molecule has 0 aliphatic carbocycles. The molecule has 1 heterocycles. The monoisotopic (exact) mass is 341 g/mol. The lowest BCUT2D eigenvalue weighted by atomic mass is 10.2. The van der Waals surface area contributed by atoms with Gasteiger partial charge in [0.05, 0.1) is 5.02 Å². The van der Waals surface area contributed by atoms with Gasteiger partial charge in [-0.15, -0.1) is 0 Å². The van der Waals surface area contributed by atoms with Gasteiger partial charge in [-0.2, -0.15) is 0 Å². The molecule has 126 valence electrons. The smallest absolute Gasteiger partial charge is 0.407 e. The van der Waals surface area contributed by atoms with E-state index in [1.54, 1.807) is 26.8 Å². The van der Waals surface area contributed by atoms with Crippen LogP contribution in [0.15, 0.2) is 18.3 Å². The summed E-state index contributed by atoms with van der Waals surface area (Å²) in [6, 6.07) is 1.59. The molecule has 0 spiro atoms. The molecular formula is C15H20ClN3O4. The van der Waals surface area contributed by atoms with Crippen molar-refractivity contribution in [2.45, 2.75) is 26.4 Å². The van der Waals surface area contributed by atoms with Gasteiger partial charge in [-0.25, -0.2) is 14.6 Å². The molecule has 0 aromatic carbocycles. The quantitative estimate of drug-likeness (QED) is 0.543. The number of nitrogens with zero attached hydrogens (tertiary/aromatic N) is 1. The molecule has 0 fully saturated rings. The molecular weight excluding hydrogens is 322 g/mol. The number of carbonyl (C=O) groups excluding carboxylic acids is 1. The number of pyridine rings is 1. The summed E-state index contributed by atoms with van der Waals surface area (Å²) >= 11 is 6.05. The van der Waals surface area contributed by atoms with Gasteiger partial charge >= 0.3 is 12.1 Å². The van der Waals surface area contributed by atoms with Crippen molar-refractivity contribution < 1.29 is 19.4 Å². The molecule has 0 saturated heterocycles. The van der Waals surface area contributed by atoms with Crippen molar-refractivity contribution in [2.75, 3.05) is 18.4 Å². The Morgan fingerprint density at radius 2 is 2.09 bits per heavy atom. The Labute approximate surface area is 139 Å². The van der Waals surface area contributed by atoms with Gasteiger partial charge < -0.3 is 20.5 Å². The Balaban J connectivity index is 2.44. The van der Waals surface area contributed by atoms with Gasteiger partial charge in [0.2, 0.25) is 0 Å². The first-order valence-corrected chi connectivity index (χ1v) is 7.32. The van der Waals surface area contributed by atoms with E-state index in [1.807, 2.05) is 0 Å². The molecule has 1 amide bonds. The van der Waals surface area contributed by atoms with E-state index in [2.05, 4.69) is 15.6 Å². The summed E-state index contributed by atoms with van der Waals surface area (Å²) in [6.45, 7) is 6.11. The Kier molecular flexibility index (Phi) is 6.84. The zero-order chi connectivity index (χ0) is 17.5. The van der Waals surface area contributed by atoms with Crippen molar-refractivity contribution >= 4 is 35.6 Å². The topological polar surface area (TPSA) is 101 Å². The molecule has 0 atom stereocenters. The predicted octanol–water partition coefficient (Wildman–Crippen LogP) is 2.77. The number of alkyl carbamates (subject to hydrolysis) is 1. The van der Waals surface area contributed by atoms with Crippen LogP contribution >= 0.6 is 11.6 Å². The number of aliphatic carboxylic acids is 1. The lowest BCUT2D eigenvalue weighted by Crippen LogP contribution is -2.35. The van der Waals surface area contributed by atoms with E-state index < -0.39 is 17.7 Å². The van der Waals surface area contributed by atoms with E-state index in [0.717, 1.165) is 6.08 Å². The fourth-order valence-electron chi connectivity index (χ4n) is 1.50. The second-order valence-corrected chi connectivity index (χ2v) is 6.03. The molecule has 0 radical (unpaired) electrons. The number of nitrogens with one attached hydrogen (secondary N) is 2. The van der Waals surface area contributed by atoms with E-state index in [1.165, 1.54) is 12.3 Å². The zero-order valence-electron chi connectivity index (χ0n) is 13.2. The van der Waals surface area contributed by atoms with Crippen LogP contribution in [0.25, 0.3) is 6.08 Å². The number of hydrogen-bond donors (Lipinski definition) is 3. The van der Waals surface area contributed by atoms with Gasteiger partial charge in [-0.3, -0.25) is 0 Å². The molecule has 0 bridgehead atoms. The summed E-state index contributed by atoms with van der Waals surface area (Å²) in [6.07, 6.45) is 3.40. The highest BCUT2D eigenvalue weighted by atomic mass is 35.5. The minimum absolute atomic E-state index is 0.341. The fourth-order valence-corrected chi connectivity index (χ4v) is 1.74. The van der Waals surface area contributed by atoms with Gasteiger partial charge in [0.1, 0.15) is 11.4 Å². The van der Waals surface area contributed by atoms with Crippen molar-refractivity contribution in [3.8, 4) is 0 Å². The molecule has 1 aromatic rings. The highest BCUT2D eigenvalue weighted by Gasteiger charge is 2.15. The predicted molar refractivity (Wildman–Crippen MR) is 88.6 cm³/mol. The maximum atomic E-state index is 11.5. The number of carbonyl (C=O) groups is 2. The normalized spacial score (nSPS) is 11.3. The molecule has 0 aliphatic heterocycles. The van der Waals surface area contributed by atoms with Gasteiger partial charge in [-0.05, 0) is 38.5 Å². The standard InChI is InChI=1S/C15H20ClN3O4/c1-15(2,3)23-14(22)18-7-6-17-13-11(16)8-10(9-19-13)4-5-12(20)21/h4-5,8-9H,6-7H2,1-3H3,(H,17,19)(H,18,22)(H,20,21). The van der Waals surface area contributed by atoms with Crippen LogP contribution in [0.3, 0.4) is 0 Å². The molecule has 7 nitrogen and oxygen atoms in total. The van der Waals surface area contributed by atoms with E-state index in [9.17, 15) is 9.59 Å². The van der Waals surface area contributed by atoms with E-state index in [4.69, 9.17) is 21.4 Å². The lowest BCUT2D eigenvalue weighted by molar-refractivity contribution is -0.131. The second kappa shape index (κ2) is 8.38. The van der Waals surface area contributed by atoms with Gasteiger partial charge in [-0.1, -0.05) is 11.6 Å². The summed E-state index contributed by atoms with van der Waals surface area (Å²) in [5, 5.41) is 14.5. The molecule has 0 aliphatic rings. The summed E-state index contributed by atoms with van der Waals surface area (Å²) in [5.41, 5.74) is 0.0385. The Morgan fingerprint density at radius 1 is 1.39 bits per heavy atom. The van der Waals surface area contributed by atoms with Crippen LogP contribution in [0.5, 0.6) is 0 Å². The Hall–Kier alpha value is -2.28. The SMILES string of the molecule is CC(C)(C)OC(=O)NCCNc1ncc(C=CC(=O)O)cc1Cl. The number of carboxylic acid groups (broad SMARTS) is 1. The van der Waals surface area contributed by atoms with Gasteiger partial charge in [0, 0.05) is 25.4 Å². The Morgan fingerprint density at radius 3 is 2.65 bits per heavy atom. The van der Waals surface area contributed by atoms with Crippen LogP contribution in [0.1, 0.15) is 26.3 Å². The van der Waals surface area contributed by atoms with Crippen LogP contribution in [-0.2, 0) is 9.53 Å². The highest BCUT2D eigenvalue weighted by molar-refractivity contribution is 6.33. The molecule has 23 heavy (non-hydrogen) atoms. The molecule has 1 rings (SSSR count). The van der Waals surface area contributed by atoms with Crippen molar-refractivity contribution in [2.24, 2.45) is 0 Å². The first-order chi connectivity index (χ1) is 10.7. The summed E-state index contributed by atoms with van der Waals surface area (Å²) in [5.74, 6) is -0.596. The third-order valence-electron chi connectivity index (χ3n) is 2.37. The maximum absolute atomic E-state index is 11.5. The average Bonchev–Trinajstić information content (AvgIpc) is 2.41. The van der Waals surface area contributed by atoms with E-state index >= 15 is 0 Å². The summed E-state index contributed by atoms with van der Waals surface area (Å²) < 4.78 is 5.10. The van der Waals surface area contributed by atoms with Crippen LogP contribution in [0.2, 0.25) is 5.02 Å². The number of carboxylic acids is 1. The van der Waals surface area contributed by atoms with Gasteiger partial charge in [0.15, 0.2) is 0 Å².